The first-order valence-corrected chi connectivity index (χ1v) is 12.4. The first-order valence-electron chi connectivity index (χ1n) is 11.6. The zero-order valence-electron chi connectivity index (χ0n) is 18.9. The number of anilines is 2. The number of piperidine rings is 1. The molecule has 3 aromatic rings. The van der Waals surface area contributed by atoms with Crippen molar-refractivity contribution >= 4 is 39.6 Å². The van der Waals surface area contributed by atoms with E-state index in [4.69, 9.17) is 9.97 Å². The van der Waals surface area contributed by atoms with Crippen LogP contribution in [0.15, 0.2) is 6.07 Å². The van der Waals surface area contributed by atoms with Crippen LogP contribution in [-0.4, -0.2) is 50.7 Å². The van der Waals surface area contributed by atoms with Gasteiger partial charge >= 0.3 is 6.18 Å². The summed E-state index contributed by atoms with van der Waals surface area (Å²) in [6, 6.07) is 2.11. The van der Waals surface area contributed by atoms with Crippen LogP contribution in [0, 0.1) is 5.92 Å². The molecule has 5 heterocycles. The third kappa shape index (κ3) is 4.35. The Morgan fingerprint density at radius 1 is 1.12 bits per heavy atom. The Morgan fingerprint density at radius 3 is 2.62 bits per heavy atom. The molecule has 182 valence electrons. The lowest BCUT2D eigenvalue weighted by Crippen LogP contribution is -2.37. The predicted molar refractivity (Wildman–Crippen MR) is 123 cm³/mol. The summed E-state index contributed by atoms with van der Waals surface area (Å²) >= 11 is 1.65. The van der Waals surface area contributed by atoms with E-state index in [1.807, 2.05) is 4.90 Å². The molecule has 1 saturated heterocycles. The van der Waals surface area contributed by atoms with Gasteiger partial charge in [-0.3, -0.25) is 0 Å². The number of aldehydes is 1. The second-order valence-electron chi connectivity index (χ2n) is 8.87. The molecule has 0 spiro atoms. The second kappa shape index (κ2) is 9.12. The van der Waals surface area contributed by atoms with Crippen LogP contribution in [0.25, 0.3) is 10.2 Å². The summed E-state index contributed by atoms with van der Waals surface area (Å²) < 4.78 is 41.0. The van der Waals surface area contributed by atoms with Crippen LogP contribution in [-0.2, 0) is 30.5 Å². The van der Waals surface area contributed by atoms with Crippen molar-refractivity contribution < 1.29 is 18.0 Å². The predicted octanol–water partition coefficient (Wildman–Crippen LogP) is 4.08. The monoisotopic (exact) mass is 493 g/mol. The van der Waals surface area contributed by atoms with Crippen LogP contribution in [0.5, 0.6) is 0 Å². The van der Waals surface area contributed by atoms with Crippen LogP contribution in [0.4, 0.5) is 24.9 Å². The molecule has 3 aromatic heterocycles. The van der Waals surface area contributed by atoms with E-state index >= 15 is 0 Å². The first-order chi connectivity index (χ1) is 16.4. The van der Waals surface area contributed by atoms with Crippen molar-refractivity contribution in [1.29, 1.82) is 0 Å². The number of aryl methyl sites for hydroxylation is 1. The fraction of sp³-hybridized carbons (Fsp3) is 0.591. The highest BCUT2D eigenvalue weighted by molar-refractivity contribution is 7.18. The van der Waals surface area contributed by atoms with Gasteiger partial charge < -0.3 is 19.2 Å². The Kier molecular flexibility index (Phi) is 6.17. The highest BCUT2D eigenvalue weighted by atomic mass is 32.1. The first kappa shape index (κ1) is 23.0. The number of thiophene rings is 1. The zero-order chi connectivity index (χ0) is 23.9. The standard InChI is InChI=1S/C22H26F3N7OS/c1-2-3-15-12-16-18(31-9-10-32-17(13-31)28-29-20(32)22(23,24)25)26-21(27-19(16)34-15)30-7-4-14(5-8-30)6-11-33/h11-12,14H,2-10,13H2,1H3. The molecule has 0 amide bonds. The minimum Gasteiger partial charge on any atom is -0.347 e. The summed E-state index contributed by atoms with van der Waals surface area (Å²) in [4.78, 5) is 26.9. The molecule has 0 unspecified atom stereocenters. The van der Waals surface area contributed by atoms with Crippen molar-refractivity contribution in [2.24, 2.45) is 5.92 Å². The van der Waals surface area contributed by atoms with Crippen LogP contribution in [0.1, 0.15) is 49.1 Å². The number of carbonyl (C=O) groups excluding carboxylic acids is 1. The van der Waals surface area contributed by atoms with Gasteiger partial charge in [0.15, 0.2) is 5.82 Å². The van der Waals surface area contributed by atoms with Crippen molar-refractivity contribution in [3.05, 3.63) is 22.6 Å². The van der Waals surface area contributed by atoms with E-state index in [1.165, 1.54) is 4.88 Å². The van der Waals surface area contributed by atoms with E-state index in [2.05, 4.69) is 28.1 Å². The Morgan fingerprint density at radius 2 is 1.91 bits per heavy atom. The summed E-state index contributed by atoms with van der Waals surface area (Å²) in [5.41, 5.74) is 0. The summed E-state index contributed by atoms with van der Waals surface area (Å²) in [6.45, 7) is 4.40. The smallest absolute Gasteiger partial charge is 0.347 e. The lowest BCUT2D eigenvalue weighted by atomic mass is 9.94. The molecule has 0 aromatic carbocycles. The van der Waals surface area contributed by atoms with E-state index in [0.717, 1.165) is 65.7 Å². The van der Waals surface area contributed by atoms with Crippen molar-refractivity contribution in [2.45, 2.75) is 58.3 Å². The number of hydrogen-bond acceptors (Lipinski definition) is 8. The van der Waals surface area contributed by atoms with Gasteiger partial charge in [-0.2, -0.15) is 18.2 Å². The molecule has 0 bridgehead atoms. The Balaban J connectivity index is 1.48. The summed E-state index contributed by atoms with van der Waals surface area (Å²) in [5, 5.41) is 8.15. The van der Waals surface area contributed by atoms with Gasteiger partial charge in [0.05, 0.1) is 11.9 Å². The lowest BCUT2D eigenvalue weighted by molar-refractivity contribution is -0.147. The van der Waals surface area contributed by atoms with E-state index < -0.39 is 12.0 Å². The SMILES string of the molecule is CCCc1cc2c(N3CCn4c(nnc4C(F)(F)F)C3)nc(N3CCC(CC=O)CC3)nc2s1. The average molecular weight is 494 g/mol. The molecule has 12 heteroatoms. The van der Waals surface area contributed by atoms with E-state index in [0.29, 0.717) is 24.8 Å². The minimum atomic E-state index is -4.53. The molecule has 2 aliphatic heterocycles. The quantitative estimate of drug-likeness (QED) is 0.479. The van der Waals surface area contributed by atoms with Gasteiger partial charge in [0.1, 0.15) is 16.9 Å². The summed E-state index contributed by atoms with van der Waals surface area (Å²) in [6.07, 6.45) is 0.818. The number of alkyl halides is 3. The number of hydrogen-bond donors (Lipinski definition) is 0. The Labute approximate surface area is 198 Å². The largest absolute Gasteiger partial charge is 0.451 e. The van der Waals surface area contributed by atoms with Crippen LogP contribution in [0.2, 0.25) is 0 Å². The van der Waals surface area contributed by atoms with Crippen molar-refractivity contribution in [1.82, 2.24) is 24.7 Å². The Hall–Kier alpha value is -2.76. The average Bonchev–Trinajstić information content (AvgIpc) is 3.42. The molecule has 1 fully saturated rings. The molecular weight excluding hydrogens is 467 g/mol. The van der Waals surface area contributed by atoms with Gasteiger partial charge in [-0.25, -0.2) is 4.98 Å². The molecule has 0 N–H and O–H groups in total. The van der Waals surface area contributed by atoms with E-state index in [1.54, 1.807) is 11.3 Å². The maximum atomic E-state index is 13.3. The third-order valence-electron chi connectivity index (χ3n) is 6.54. The van der Waals surface area contributed by atoms with Gasteiger partial charge in [0, 0.05) is 37.5 Å². The second-order valence-corrected chi connectivity index (χ2v) is 9.99. The normalized spacial score (nSPS) is 17.4. The summed E-state index contributed by atoms with van der Waals surface area (Å²) in [5.74, 6) is 1.10. The highest BCUT2D eigenvalue weighted by Gasteiger charge is 2.40. The minimum absolute atomic E-state index is 0.140. The van der Waals surface area contributed by atoms with Gasteiger partial charge in [-0.1, -0.05) is 13.3 Å². The number of nitrogens with zero attached hydrogens (tertiary/aromatic N) is 7. The number of rotatable bonds is 6. The number of halogens is 3. The maximum absolute atomic E-state index is 13.3. The summed E-state index contributed by atoms with van der Waals surface area (Å²) in [7, 11) is 0. The molecule has 0 aliphatic carbocycles. The number of aromatic nitrogens is 5. The molecule has 0 atom stereocenters. The van der Waals surface area contributed by atoms with Crippen LogP contribution >= 0.6 is 11.3 Å². The van der Waals surface area contributed by atoms with Crippen molar-refractivity contribution in [3.63, 3.8) is 0 Å². The molecule has 5 rings (SSSR count). The fourth-order valence-corrected chi connectivity index (χ4v) is 5.87. The molecule has 0 radical (unpaired) electrons. The van der Waals surface area contributed by atoms with Crippen LogP contribution < -0.4 is 9.80 Å². The van der Waals surface area contributed by atoms with Crippen LogP contribution in [0.3, 0.4) is 0 Å². The molecule has 2 aliphatic rings. The van der Waals surface area contributed by atoms with E-state index in [-0.39, 0.29) is 18.9 Å². The topological polar surface area (TPSA) is 80.0 Å². The van der Waals surface area contributed by atoms with Gasteiger partial charge in [0.25, 0.3) is 0 Å². The third-order valence-corrected chi connectivity index (χ3v) is 7.63. The maximum Gasteiger partial charge on any atom is 0.451 e. The molecule has 8 nitrogen and oxygen atoms in total. The number of carbonyl (C=O) groups is 1. The van der Waals surface area contributed by atoms with Crippen molar-refractivity contribution in [2.75, 3.05) is 29.4 Å². The molecule has 34 heavy (non-hydrogen) atoms. The zero-order valence-corrected chi connectivity index (χ0v) is 19.7. The Bertz CT molecular complexity index is 1180. The van der Waals surface area contributed by atoms with Crippen molar-refractivity contribution in [3.8, 4) is 0 Å². The van der Waals surface area contributed by atoms with Gasteiger partial charge in [0.2, 0.25) is 11.8 Å². The van der Waals surface area contributed by atoms with Gasteiger partial charge in [-0.15, -0.1) is 21.5 Å². The fourth-order valence-electron chi connectivity index (χ4n) is 4.75. The number of fused-ring (bicyclic) bond motifs is 2. The molecule has 0 saturated carbocycles. The highest BCUT2D eigenvalue weighted by Crippen LogP contribution is 2.36. The van der Waals surface area contributed by atoms with Gasteiger partial charge in [-0.05, 0) is 31.2 Å². The van der Waals surface area contributed by atoms with E-state index in [9.17, 15) is 18.0 Å². The lowest BCUT2D eigenvalue weighted by Gasteiger charge is -2.33. The molecular formula is C22H26F3N7OS.